The van der Waals surface area contributed by atoms with Crippen LogP contribution in [0.3, 0.4) is 0 Å². The van der Waals surface area contributed by atoms with Crippen molar-refractivity contribution in [2.24, 2.45) is 0 Å². The molecule has 0 rings (SSSR count). The fourth-order valence-corrected chi connectivity index (χ4v) is 1.57. The van der Waals surface area contributed by atoms with Gasteiger partial charge in [-0.1, -0.05) is 50.9 Å². The fraction of sp³-hybridized carbons (Fsp3) is 0.688. The topological polar surface area (TPSA) is 26.3 Å². The highest BCUT2D eigenvalue weighted by Crippen LogP contribution is 2.08. The van der Waals surface area contributed by atoms with Crippen LogP contribution in [0, 0.1) is 23.7 Å². The first-order valence-corrected chi connectivity index (χ1v) is 6.92. The average Bonchev–Trinajstić information content (AvgIpc) is 2.39. The van der Waals surface area contributed by atoms with Crippen molar-refractivity contribution in [1.29, 1.82) is 0 Å². The van der Waals surface area contributed by atoms with Crippen molar-refractivity contribution in [3.05, 3.63) is 0 Å². The van der Waals surface area contributed by atoms with E-state index in [2.05, 4.69) is 28.4 Å². The minimum atomic E-state index is 0.520. The van der Waals surface area contributed by atoms with Gasteiger partial charge < -0.3 is 4.74 Å². The molecule has 0 aliphatic heterocycles. The summed E-state index contributed by atoms with van der Waals surface area (Å²) in [5.41, 5.74) is 0. The number of hydrogen-bond donors (Lipinski definition) is 0. The molecule has 0 saturated carbocycles. The lowest BCUT2D eigenvalue weighted by atomic mass is 10.1. The van der Waals surface area contributed by atoms with Crippen LogP contribution in [0.1, 0.15) is 64.7 Å². The number of carbonyl (C=O) groups excluding carboxylic acids is 1. The van der Waals surface area contributed by atoms with Gasteiger partial charge in [0.05, 0.1) is 6.61 Å². The molecule has 0 atom stereocenters. The predicted octanol–water partition coefficient (Wildman–Crippen LogP) is 3.70. The van der Waals surface area contributed by atoms with Crippen molar-refractivity contribution in [1.82, 2.24) is 0 Å². The number of hydrogen-bond acceptors (Lipinski definition) is 2. The number of rotatable bonds is 10. The lowest BCUT2D eigenvalue weighted by molar-refractivity contribution is -0.128. The Morgan fingerprint density at radius 3 is 2.17 bits per heavy atom. The summed E-state index contributed by atoms with van der Waals surface area (Å²) in [6.45, 7) is 3.11. The van der Waals surface area contributed by atoms with Gasteiger partial charge in [0.15, 0.2) is 0 Å². The largest absolute Gasteiger partial charge is 0.468 e. The first-order chi connectivity index (χ1) is 8.91. The first kappa shape index (κ1) is 16.6. The van der Waals surface area contributed by atoms with Crippen molar-refractivity contribution in [2.75, 3.05) is 6.61 Å². The Hall–Kier alpha value is -1.41. The number of carbonyl (C=O) groups is 1. The molecule has 0 aromatic carbocycles. The zero-order chi connectivity index (χ0) is 13.3. The molecule has 0 radical (unpaired) electrons. The van der Waals surface area contributed by atoms with E-state index in [0.29, 0.717) is 13.1 Å². The molecule has 0 aliphatic rings. The molecule has 0 spiro atoms. The maximum atomic E-state index is 9.88. The van der Waals surface area contributed by atoms with Crippen LogP contribution in [-0.4, -0.2) is 13.1 Å². The second kappa shape index (κ2) is 15.6. The molecule has 0 unspecified atom stereocenters. The van der Waals surface area contributed by atoms with Gasteiger partial charge in [-0.2, -0.15) is 0 Å². The summed E-state index contributed by atoms with van der Waals surface area (Å²) in [6.07, 6.45) is 10.2. The van der Waals surface area contributed by atoms with Crippen molar-refractivity contribution in [2.45, 2.75) is 64.7 Å². The highest BCUT2D eigenvalue weighted by atomic mass is 16.5. The molecule has 0 saturated heterocycles. The Balaban J connectivity index is 3.11. The number of unbranched alkanes of at least 4 members (excludes halogenated alkanes) is 7. The van der Waals surface area contributed by atoms with Gasteiger partial charge in [-0.25, -0.2) is 0 Å². The van der Waals surface area contributed by atoms with Gasteiger partial charge in [0.1, 0.15) is 0 Å². The third kappa shape index (κ3) is 14.6. The molecule has 2 nitrogen and oxygen atoms in total. The first-order valence-electron chi connectivity index (χ1n) is 6.92. The van der Waals surface area contributed by atoms with E-state index in [1.165, 1.54) is 32.1 Å². The average molecular weight is 248 g/mol. The molecule has 0 N–H and O–H groups in total. The maximum absolute atomic E-state index is 9.88. The Morgan fingerprint density at radius 2 is 1.50 bits per heavy atom. The Bertz CT molecular complexity index is 299. The second-order valence-corrected chi connectivity index (χ2v) is 4.15. The van der Waals surface area contributed by atoms with Crippen molar-refractivity contribution in [3.63, 3.8) is 0 Å². The van der Waals surface area contributed by atoms with Crippen LogP contribution < -0.4 is 0 Å². The van der Waals surface area contributed by atoms with E-state index in [0.717, 1.165) is 25.7 Å². The van der Waals surface area contributed by atoms with Crippen molar-refractivity contribution in [3.8, 4) is 23.7 Å². The molecule has 100 valence electrons. The monoisotopic (exact) mass is 248 g/mol. The molecule has 0 heterocycles. The van der Waals surface area contributed by atoms with Crippen molar-refractivity contribution >= 4 is 6.47 Å². The van der Waals surface area contributed by atoms with Crippen LogP contribution in [0.15, 0.2) is 0 Å². The highest BCUT2D eigenvalue weighted by Gasteiger charge is 1.91. The second-order valence-electron chi connectivity index (χ2n) is 4.15. The lowest BCUT2D eigenvalue weighted by Gasteiger charge is -2.00. The Kier molecular flexibility index (Phi) is 14.4. The van der Waals surface area contributed by atoms with E-state index in [1.54, 1.807) is 0 Å². The molecular weight excluding hydrogens is 224 g/mol. The minimum absolute atomic E-state index is 0.520. The van der Waals surface area contributed by atoms with Gasteiger partial charge in [0, 0.05) is 12.8 Å². The van der Waals surface area contributed by atoms with Crippen LogP contribution in [0.2, 0.25) is 0 Å². The molecule has 0 aromatic heterocycles. The summed E-state index contributed by atoms with van der Waals surface area (Å²) >= 11 is 0. The van der Waals surface area contributed by atoms with E-state index in [1.807, 2.05) is 6.92 Å². The molecule has 0 amide bonds. The van der Waals surface area contributed by atoms with E-state index in [4.69, 9.17) is 0 Å². The van der Waals surface area contributed by atoms with Crippen LogP contribution in [0.5, 0.6) is 0 Å². The van der Waals surface area contributed by atoms with Gasteiger partial charge in [-0.05, 0) is 24.7 Å². The van der Waals surface area contributed by atoms with E-state index in [-0.39, 0.29) is 0 Å². The van der Waals surface area contributed by atoms with E-state index < -0.39 is 0 Å². The van der Waals surface area contributed by atoms with Crippen LogP contribution in [0.4, 0.5) is 0 Å². The summed E-state index contributed by atoms with van der Waals surface area (Å²) in [5.74, 6) is 11.7. The molecule has 0 aromatic rings. The molecule has 0 fully saturated rings. The van der Waals surface area contributed by atoms with Gasteiger partial charge in [-0.3, -0.25) is 4.79 Å². The summed E-state index contributed by atoms with van der Waals surface area (Å²) in [7, 11) is 0. The predicted molar refractivity (Wildman–Crippen MR) is 74.8 cm³/mol. The quantitative estimate of drug-likeness (QED) is 0.335. The highest BCUT2D eigenvalue weighted by molar-refractivity contribution is 5.36. The molecule has 0 aliphatic carbocycles. The zero-order valence-corrected chi connectivity index (χ0v) is 11.5. The summed E-state index contributed by atoms with van der Waals surface area (Å²) < 4.78 is 4.63. The third-order valence-electron chi connectivity index (χ3n) is 2.55. The SMILES string of the molecule is CCC#CC#CCCCCCCCCCOC=O. The molecule has 0 bridgehead atoms. The van der Waals surface area contributed by atoms with Crippen molar-refractivity contribution < 1.29 is 9.53 Å². The van der Waals surface area contributed by atoms with Crippen LogP contribution in [-0.2, 0) is 9.53 Å². The summed E-state index contributed by atoms with van der Waals surface area (Å²) in [5, 5.41) is 0. The molecule has 2 heteroatoms. The maximum Gasteiger partial charge on any atom is 0.293 e. The van der Waals surface area contributed by atoms with Gasteiger partial charge in [0.25, 0.3) is 6.47 Å². The normalized spacial score (nSPS) is 8.72. The Morgan fingerprint density at radius 1 is 0.889 bits per heavy atom. The smallest absolute Gasteiger partial charge is 0.293 e. The van der Waals surface area contributed by atoms with Crippen LogP contribution in [0.25, 0.3) is 0 Å². The van der Waals surface area contributed by atoms with Gasteiger partial charge >= 0.3 is 0 Å². The molecule has 18 heavy (non-hydrogen) atoms. The van der Waals surface area contributed by atoms with Crippen LogP contribution >= 0.6 is 0 Å². The lowest BCUT2D eigenvalue weighted by Crippen LogP contribution is -1.91. The van der Waals surface area contributed by atoms with E-state index >= 15 is 0 Å². The van der Waals surface area contributed by atoms with Gasteiger partial charge in [0.2, 0.25) is 0 Å². The summed E-state index contributed by atoms with van der Waals surface area (Å²) in [6, 6.07) is 0. The Labute approximate surface area is 111 Å². The minimum Gasteiger partial charge on any atom is -0.468 e. The van der Waals surface area contributed by atoms with E-state index in [9.17, 15) is 4.79 Å². The standard InChI is InChI=1S/C16H24O2/c1-2-3-4-5-6-7-8-9-10-11-12-13-14-15-18-16-17/h16H,2,7-15H2,1H3. The zero-order valence-electron chi connectivity index (χ0n) is 11.5. The summed E-state index contributed by atoms with van der Waals surface area (Å²) in [4.78, 5) is 9.88. The number of ether oxygens (including phenoxy) is 1. The van der Waals surface area contributed by atoms with Gasteiger partial charge in [-0.15, -0.1) is 0 Å². The fourth-order valence-electron chi connectivity index (χ4n) is 1.57. The third-order valence-corrected chi connectivity index (χ3v) is 2.55. The molecular formula is C16H24O2.